The van der Waals surface area contributed by atoms with Crippen molar-refractivity contribution in [1.82, 2.24) is 4.57 Å². The summed E-state index contributed by atoms with van der Waals surface area (Å²) in [5.41, 5.74) is 0.259. The van der Waals surface area contributed by atoms with Gasteiger partial charge in [0.2, 0.25) is 0 Å². The maximum atomic E-state index is 10.8. The van der Waals surface area contributed by atoms with Crippen LogP contribution >= 0.6 is 31.9 Å². The van der Waals surface area contributed by atoms with Crippen molar-refractivity contribution in [2.45, 2.75) is 6.54 Å². The Morgan fingerprint density at radius 3 is 2.74 bits per heavy atom. The van der Waals surface area contributed by atoms with Gasteiger partial charge >= 0.3 is 5.97 Å². The highest BCUT2D eigenvalue weighted by Gasteiger charge is 2.09. The number of hydrogen-bond acceptors (Lipinski definition) is 2. The minimum Gasteiger partial charge on any atom is -0.492 e. The van der Waals surface area contributed by atoms with Crippen LogP contribution in [0.25, 0.3) is 0 Å². The molecule has 0 spiro atoms. The third-order valence-corrected chi connectivity index (χ3v) is 3.67. The number of carboxylic acid groups (broad SMARTS) is 1. The quantitative estimate of drug-likeness (QED) is 0.847. The van der Waals surface area contributed by atoms with Gasteiger partial charge in [0, 0.05) is 10.7 Å². The summed E-state index contributed by atoms with van der Waals surface area (Å²) in [7, 11) is 0. The van der Waals surface area contributed by atoms with E-state index in [1.807, 2.05) is 24.3 Å². The van der Waals surface area contributed by atoms with Crippen molar-refractivity contribution in [3.05, 3.63) is 51.2 Å². The molecular formula is C13H11Br2NO3. The van der Waals surface area contributed by atoms with Gasteiger partial charge in [-0.15, -0.1) is 0 Å². The van der Waals surface area contributed by atoms with Gasteiger partial charge in [-0.25, -0.2) is 4.79 Å². The number of benzene rings is 1. The lowest BCUT2D eigenvalue weighted by atomic mass is 10.3. The molecule has 0 radical (unpaired) electrons. The summed E-state index contributed by atoms with van der Waals surface area (Å²) in [5, 5.41) is 8.89. The van der Waals surface area contributed by atoms with Gasteiger partial charge in [0.25, 0.3) is 0 Å². The summed E-state index contributed by atoms with van der Waals surface area (Å²) in [6, 6.07) is 9.15. The molecule has 0 aliphatic rings. The number of ether oxygens (including phenoxy) is 1. The zero-order valence-electron chi connectivity index (χ0n) is 9.85. The molecule has 4 nitrogen and oxygen atoms in total. The van der Waals surface area contributed by atoms with Crippen LogP contribution in [0.3, 0.4) is 0 Å². The summed E-state index contributed by atoms with van der Waals surface area (Å²) in [4.78, 5) is 10.8. The topological polar surface area (TPSA) is 51.5 Å². The predicted octanol–water partition coefficient (Wildman–Crippen LogP) is 3.79. The van der Waals surface area contributed by atoms with E-state index in [0.29, 0.717) is 13.2 Å². The summed E-state index contributed by atoms with van der Waals surface area (Å²) < 4.78 is 9.07. The van der Waals surface area contributed by atoms with Crippen molar-refractivity contribution in [3.63, 3.8) is 0 Å². The van der Waals surface area contributed by atoms with E-state index >= 15 is 0 Å². The number of aromatic carboxylic acids is 1. The fourth-order valence-electron chi connectivity index (χ4n) is 1.58. The molecule has 0 aliphatic heterocycles. The van der Waals surface area contributed by atoms with E-state index in [0.717, 1.165) is 14.8 Å². The van der Waals surface area contributed by atoms with Gasteiger partial charge in [-0.3, -0.25) is 0 Å². The Morgan fingerprint density at radius 1 is 1.32 bits per heavy atom. The minimum absolute atomic E-state index is 0.259. The lowest BCUT2D eigenvalue weighted by Crippen LogP contribution is -2.07. The summed E-state index contributed by atoms with van der Waals surface area (Å²) >= 11 is 6.69. The predicted molar refractivity (Wildman–Crippen MR) is 78.7 cm³/mol. The second-order valence-corrected chi connectivity index (χ2v) is 5.58. The smallest absolute Gasteiger partial charge is 0.337 e. The second-order valence-electron chi connectivity index (χ2n) is 3.86. The van der Waals surface area contributed by atoms with Crippen LogP contribution < -0.4 is 4.74 Å². The first-order chi connectivity index (χ1) is 9.06. The fourth-order valence-corrected chi connectivity index (χ4v) is 2.49. The Hall–Kier alpha value is -1.27. The van der Waals surface area contributed by atoms with Crippen LogP contribution in [0.15, 0.2) is 45.6 Å². The number of rotatable bonds is 5. The Kier molecular flexibility index (Phi) is 4.66. The van der Waals surface area contributed by atoms with E-state index in [9.17, 15) is 4.79 Å². The van der Waals surface area contributed by atoms with Gasteiger partial charge in [0.1, 0.15) is 12.4 Å². The van der Waals surface area contributed by atoms with E-state index in [1.165, 1.54) is 0 Å². The van der Waals surface area contributed by atoms with Gasteiger partial charge in [0.15, 0.2) is 0 Å². The number of hydrogen-bond donors (Lipinski definition) is 1. The van der Waals surface area contributed by atoms with Crippen LogP contribution in [0.4, 0.5) is 0 Å². The van der Waals surface area contributed by atoms with Gasteiger partial charge in [-0.1, -0.05) is 22.0 Å². The molecule has 1 aromatic heterocycles. The minimum atomic E-state index is -0.938. The zero-order valence-corrected chi connectivity index (χ0v) is 13.0. The van der Waals surface area contributed by atoms with Gasteiger partial charge < -0.3 is 14.4 Å². The van der Waals surface area contributed by atoms with Crippen molar-refractivity contribution >= 4 is 37.8 Å². The van der Waals surface area contributed by atoms with E-state index in [-0.39, 0.29) is 5.56 Å². The van der Waals surface area contributed by atoms with E-state index in [1.54, 1.807) is 16.8 Å². The van der Waals surface area contributed by atoms with Crippen molar-refractivity contribution in [3.8, 4) is 5.75 Å². The molecule has 1 aromatic carbocycles. The van der Waals surface area contributed by atoms with Crippen LogP contribution in [0.2, 0.25) is 0 Å². The Labute approximate surface area is 127 Å². The van der Waals surface area contributed by atoms with Crippen molar-refractivity contribution < 1.29 is 14.6 Å². The largest absolute Gasteiger partial charge is 0.492 e. The summed E-state index contributed by atoms with van der Waals surface area (Å²) in [6.45, 7) is 1.03. The lowest BCUT2D eigenvalue weighted by molar-refractivity contribution is 0.0696. The second kappa shape index (κ2) is 6.25. The molecule has 100 valence electrons. The molecule has 0 bridgehead atoms. The molecule has 0 fully saturated rings. The maximum Gasteiger partial charge on any atom is 0.337 e. The zero-order chi connectivity index (χ0) is 13.8. The Morgan fingerprint density at radius 2 is 2.11 bits per heavy atom. The molecule has 0 atom stereocenters. The summed E-state index contributed by atoms with van der Waals surface area (Å²) in [6.07, 6.45) is 1.58. The molecule has 1 N–H and O–H groups in total. The number of nitrogens with zero attached hydrogens (tertiary/aromatic N) is 1. The monoisotopic (exact) mass is 387 g/mol. The van der Waals surface area contributed by atoms with Crippen LogP contribution in [0.5, 0.6) is 5.75 Å². The lowest BCUT2D eigenvalue weighted by Gasteiger charge is -2.08. The third-order valence-electron chi connectivity index (χ3n) is 2.49. The molecule has 0 amide bonds. The average Bonchev–Trinajstić information content (AvgIpc) is 2.71. The first-order valence-corrected chi connectivity index (χ1v) is 7.12. The SMILES string of the molecule is O=C(O)c1cc(Br)n(CCOc2cccc(Br)c2)c1. The Balaban J connectivity index is 1.94. The van der Waals surface area contributed by atoms with Gasteiger partial charge in [0.05, 0.1) is 16.7 Å². The highest BCUT2D eigenvalue weighted by atomic mass is 79.9. The van der Waals surface area contributed by atoms with Crippen molar-refractivity contribution in [2.24, 2.45) is 0 Å². The third kappa shape index (κ3) is 3.84. The molecule has 19 heavy (non-hydrogen) atoms. The van der Waals surface area contributed by atoms with Crippen LogP contribution in [-0.4, -0.2) is 22.2 Å². The molecule has 0 aliphatic carbocycles. The van der Waals surface area contributed by atoms with Gasteiger partial charge in [-0.05, 0) is 40.2 Å². The van der Waals surface area contributed by atoms with E-state index < -0.39 is 5.97 Å². The molecule has 0 saturated carbocycles. The molecule has 2 rings (SSSR count). The van der Waals surface area contributed by atoms with Crippen LogP contribution in [0, 0.1) is 0 Å². The van der Waals surface area contributed by atoms with E-state index in [2.05, 4.69) is 31.9 Å². The average molecular weight is 389 g/mol. The highest BCUT2D eigenvalue weighted by molar-refractivity contribution is 9.10. The first kappa shape index (κ1) is 14.1. The van der Waals surface area contributed by atoms with Crippen LogP contribution in [-0.2, 0) is 6.54 Å². The summed E-state index contributed by atoms with van der Waals surface area (Å²) in [5.74, 6) is -0.163. The van der Waals surface area contributed by atoms with Gasteiger partial charge in [-0.2, -0.15) is 0 Å². The molecule has 0 saturated heterocycles. The Bertz CT molecular complexity index is 595. The van der Waals surface area contributed by atoms with E-state index in [4.69, 9.17) is 9.84 Å². The number of carbonyl (C=O) groups is 1. The molecule has 6 heteroatoms. The highest BCUT2D eigenvalue weighted by Crippen LogP contribution is 2.19. The number of halogens is 2. The van der Waals surface area contributed by atoms with Crippen LogP contribution in [0.1, 0.15) is 10.4 Å². The maximum absolute atomic E-state index is 10.8. The fraction of sp³-hybridized carbons (Fsp3) is 0.154. The van der Waals surface area contributed by atoms with Crippen molar-refractivity contribution in [2.75, 3.05) is 6.61 Å². The molecule has 2 aromatic rings. The number of carboxylic acids is 1. The number of aromatic nitrogens is 1. The standard InChI is InChI=1S/C13H11Br2NO3/c14-10-2-1-3-11(7-10)19-5-4-16-8-9(13(17)18)6-12(16)15/h1-3,6-8H,4-5H2,(H,17,18). The van der Waals surface area contributed by atoms with Crippen molar-refractivity contribution in [1.29, 1.82) is 0 Å². The first-order valence-electron chi connectivity index (χ1n) is 5.53. The normalized spacial score (nSPS) is 10.4. The molecule has 1 heterocycles. The molecular weight excluding hydrogens is 378 g/mol. The molecule has 0 unspecified atom stereocenters.